The third-order valence-electron chi connectivity index (χ3n) is 5.01. The molecule has 0 unspecified atom stereocenters. The third kappa shape index (κ3) is 5.45. The topological polar surface area (TPSA) is 58.2 Å². The van der Waals surface area contributed by atoms with Gasteiger partial charge >= 0.3 is 0 Å². The van der Waals surface area contributed by atoms with Gasteiger partial charge in [0.25, 0.3) is 11.8 Å². The summed E-state index contributed by atoms with van der Waals surface area (Å²) in [6.07, 6.45) is 2.46. The normalized spacial score (nSPS) is 12.3. The fourth-order valence-electron chi connectivity index (χ4n) is 3.10. The Morgan fingerprint density at radius 2 is 1.77 bits per heavy atom. The van der Waals surface area contributed by atoms with E-state index in [2.05, 4.69) is 36.6 Å². The molecule has 0 saturated heterocycles. The summed E-state index contributed by atoms with van der Waals surface area (Å²) in [7, 11) is 0. The quantitative estimate of drug-likeness (QED) is 0.505. The van der Waals surface area contributed by atoms with E-state index in [9.17, 15) is 9.59 Å². The molecule has 0 aliphatic rings. The fourth-order valence-corrected chi connectivity index (χ4v) is 3.75. The minimum absolute atomic E-state index is 0.142. The smallest absolute Gasteiger partial charge is 0.268 e. The van der Waals surface area contributed by atoms with Crippen LogP contribution >= 0.6 is 11.3 Å². The molecule has 0 radical (unpaired) electrons. The lowest BCUT2D eigenvalue weighted by molar-refractivity contribution is -0.118. The predicted molar refractivity (Wildman–Crippen MR) is 123 cm³/mol. The molecule has 5 heteroatoms. The Kier molecular flexibility index (Phi) is 7.20. The minimum Gasteiger partial charge on any atom is -0.344 e. The highest BCUT2D eigenvalue weighted by molar-refractivity contribution is 7.10. The molecule has 154 valence electrons. The van der Waals surface area contributed by atoms with E-state index in [1.165, 1.54) is 22.5 Å². The maximum atomic E-state index is 13.1. The summed E-state index contributed by atoms with van der Waals surface area (Å²) in [4.78, 5) is 26.7. The van der Waals surface area contributed by atoms with Gasteiger partial charge in [0.2, 0.25) is 0 Å². The van der Waals surface area contributed by atoms with Crippen LogP contribution in [0, 0.1) is 13.8 Å². The van der Waals surface area contributed by atoms with Crippen molar-refractivity contribution in [3.8, 4) is 0 Å². The van der Waals surface area contributed by atoms with Crippen LogP contribution in [0.5, 0.6) is 0 Å². The summed E-state index contributed by atoms with van der Waals surface area (Å²) in [5.41, 5.74) is 4.19. The van der Waals surface area contributed by atoms with Gasteiger partial charge in [0.15, 0.2) is 0 Å². The number of aryl methyl sites for hydroxylation is 2. The average Bonchev–Trinajstić information content (AvgIpc) is 3.27. The third-order valence-corrected chi connectivity index (χ3v) is 5.82. The predicted octanol–water partition coefficient (Wildman–Crippen LogP) is 5.40. The first-order valence-electron chi connectivity index (χ1n) is 9.97. The Labute approximate surface area is 181 Å². The van der Waals surface area contributed by atoms with Gasteiger partial charge in [-0.05, 0) is 66.6 Å². The average molecular weight is 419 g/mol. The van der Waals surface area contributed by atoms with Crippen molar-refractivity contribution in [3.05, 3.63) is 98.9 Å². The molecule has 0 saturated carbocycles. The van der Waals surface area contributed by atoms with Crippen molar-refractivity contribution in [2.75, 3.05) is 0 Å². The molecule has 1 aromatic heterocycles. The zero-order valence-electron chi connectivity index (χ0n) is 17.4. The fraction of sp³-hybridized carbons (Fsp3) is 0.200. The molecule has 2 aromatic carbocycles. The van der Waals surface area contributed by atoms with E-state index >= 15 is 0 Å². The van der Waals surface area contributed by atoms with Gasteiger partial charge < -0.3 is 10.6 Å². The first kappa shape index (κ1) is 21.5. The lowest BCUT2D eigenvalue weighted by Gasteiger charge is -2.20. The highest BCUT2D eigenvalue weighted by atomic mass is 32.1. The molecule has 1 heterocycles. The van der Waals surface area contributed by atoms with Crippen LogP contribution < -0.4 is 10.6 Å². The summed E-state index contributed by atoms with van der Waals surface area (Å²) in [6.45, 7) is 6.17. The SMILES string of the molecule is CC[C@@H](NC(=O)/C(=C/c1cccs1)NC(=O)c1ccccc1)c1ccc(C)c(C)c1. The van der Waals surface area contributed by atoms with Gasteiger partial charge in [0.1, 0.15) is 5.70 Å². The van der Waals surface area contributed by atoms with Crippen LogP contribution in [0.1, 0.15) is 51.3 Å². The number of benzene rings is 2. The molecule has 2 amide bonds. The van der Waals surface area contributed by atoms with Crippen LogP contribution in [-0.2, 0) is 4.79 Å². The Hall–Kier alpha value is -3.18. The molecule has 3 rings (SSSR count). The van der Waals surface area contributed by atoms with E-state index in [0.29, 0.717) is 5.56 Å². The summed E-state index contributed by atoms with van der Waals surface area (Å²) in [5.74, 6) is -0.620. The summed E-state index contributed by atoms with van der Waals surface area (Å²) in [6, 6.07) is 18.8. The van der Waals surface area contributed by atoms with Crippen molar-refractivity contribution in [2.45, 2.75) is 33.2 Å². The lowest BCUT2D eigenvalue weighted by atomic mass is 9.99. The molecule has 3 aromatic rings. The summed E-state index contributed by atoms with van der Waals surface area (Å²) in [5, 5.41) is 7.81. The molecule has 1 atom stereocenters. The van der Waals surface area contributed by atoms with Crippen molar-refractivity contribution < 1.29 is 9.59 Å². The second-order valence-corrected chi connectivity index (χ2v) is 8.15. The molecule has 0 aliphatic carbocycles. The number of hydrogen-bond donors (Lipinski definition) is 2. The van der Waals surface area contributed by atoms with Gasteiger partial charge in [-0.3, -0.25) is 9.59 Å². The second-order valence-electron chi connectivity index (χ2n) is 7.17. The highest BCUT2D eigenvalue weighted by Gasteiger charge is 2.19. The molecule has 0 aliphatic heterocycles. The molecule has 0 fully saturated rings. The lowest BCUT2D eigenvalue weighted by Crippen LogP contribution is -2.36. The Bertz CT molecular complexity index is 1040. The maximum Gasteiger partial charge on any atom is 0.268 e. The molecular formula is C25H26N2O2S. The number of hydrogen-bond acceptors (Lipinski definition) is 3. The number of nitrogens with one attached hydrogen (secondary N) is 2. The monoisotopic (exact) mass is 418 g/mol. The molecule has 4 nitrogen and oxygen atoms in total. The maximum absolute atomic E-state index is 13.1. The van der Waals surface area contributed by atoms with Crippen molar-refractivity contribution in [1.29, 1.82) is 0 Å². The van der Waals surface area contributed by atoms with E-state index in [-0.39, 0.29) is 23.6 Å². The van der Waals surface area contributed by atoms with Gasteiger partial charge in [0, 0.05) is 10.4 Å². The first-order valence-corrected chi connectivity index (χ1v) is 10.9. The van der Waals surface area contributed by atoms with E-state index in [1.54, 1.807) is 30.3 Å². The summed E-state index contributed by atoms with van der Waals surface area (Å²) < 4.78 is 0. The van der Waals surface area contributed by atoms with Gasteiger partial charge in [-0.2, -0.15) is 0 Å². The molecular weight excluding hydrogens is 392 g/mol. The van der Waals surface area contributed by atoms with Crippen LogP contribution in [-0.4, -0.2) is 11.8 Å². The van der Waals surface area contributed by atoms with Gasteiger partial charge in [-0.25, -0.2) is 0 Å². The molecule has 0 spiro atoms. The number of thiophene rings is 1. The summed E-state index contributed by atoms with van der Waals surface area (Å²) >= 11 is 1.51. The van der Waals surface area contributed by atoms with E-state index in [4.69, 9.17) is 0 Å². The van der Waals surface area contributed by atoms with Crippen LogP contribution in [0.25, 0.3) is 6.08 Å². The molecule has 30 heavy (non-hydrogen) atoms. The second kappa shape index (κ2) is 10.0. The van der Waals surface area contributed by atoms with Crippen LogP contribution in [0.4, 0.5) is 0 Å². The highest BCUT2D eigenvalue weighted by Crippen LogP contribution is 2.21. The zero-order valence-corrected chi connectivity index (χ0v) is 18.3. The van der Waals surface area contributed by atoms with Crippen molar-refractivity contribution in [3.63, 3.8) is 0 Å². The van der Waals surface area contributed by atoms with E-state index in [0.717, 1.165) is 16.9 Å². The van der Waals surface area contributed by atoms with Gasteiger partial charge in [0.05, 0.1) is 6.04 Å². The standard InChI is InChI=1S/C25H26N2O2S/c1-4-22(20-13-12-17(2)18(3)15-20)26-25(29)23(16-21-11-8-14-30-21)27-24(28)19-9-6-5-7-10-19/h5-16,22H,4H2,1-3H3,(H,26,29)(H,27,28)/b23-16-/t22-/m1/s1. The number of carbonyl (C=O) groups is 2. The number of amides is 2. The Morgan fingerprint density at radius 1 is 1.00 bits per heavy atom. The molecule has 0 bridgehead atoms. The Balaban J connectivity index is 1.84. The van der Waals surface area contributed by atoms with Crippen molar-refractivity contribution in [1.82, 2.24) is 10.6 Å². The van der Waals surface area contributed by atoms with Gasteiger partial charge in [-0.1, -0.05) is 49.4 Å². The van der Waals surface area contributed by atoms with Crippen LogP contribution in [0.3, 0.4) is 0 Å². The largest absolute Gasteiger partial charge is 0.344 e. The van der Waals surface area contributed by atoms with Crippen LogP contribution in [0.15, 0.2) is 71.7 Å². The van der Waals surface area contributed by atoms with Crippen molar-refractivity contribution in [2.24, 2.45) is 0 Å². The number of rotatable bonds is 7. The Morgan fingerprint density at radius 3 is 2.40 bits per heavy atom. The van der Waals surface area contributed by atoms with E-state index in [1.807, 2.05) is 36.6 Å². The minimum atomic E-state index is -0.312. The van der Waals surface area contributed by atoms with Gasteiger partial charge in [-0.15, -0.1) is 11.3 Å². The van der Waals surface area contributed by atoms with Crippen LogP contribution in [0.2, 0.25) is 0 Å². The zero-order chi connectivity index (χ0) is 21.5. The number of carbonyl (C=O) groups excluding carboxylic acids is 2. The van der Waals surface area contributed by atoms with E-state index < -0.39 is 0 Å². The van der Waals surface area contributed by atoms with Crippen molar-refractivity contribution >= 4 is 29.2 Å². The molecule has 2 N–H and O–H groups in total. The first-order chi connectivity index (χ1) is 14.5.